The molecule has 2 fully saturated rings. The van der Waals surface area contributed by atoms with E-state index >= 15 is 4.39 Å². The third-order valence-electron chi connectivity index (χ3n) is 11.3. The number of aliphatic hydroxyl groups is 1. The minimum atomic E-state index is -3.15. The van der Waals surface area contributed by atoms with Crippen LogP contribution in [0.15, 0.2) is 67.0 Å². The number of hydrogen-bond acceptors (Lipinski definition) is 9. The molecular formula is C40H57FN6O5Si2. The van der Waals surface area contributed by atoms with Gasteiger partial charge in [0.05, 0.1) is 19.5 Å². The van der Waals surface area contributed by atoms with Gasteiger partial charge >= 0.3 is 0 Å². The van der Waals surface area contributed by atoms with Crippen molar-refractivity contribution in [1.82, 2.24) is 19.5 Å². The van der Waals surface area contributed by atoms with Crippen LogP contribution in [0.2, 0.25) is 23.2 Å². The van der Waals surface area contributed by atoms with Crippen molar-refractivity contribution in [2.45, 2.75) is 122 Å². The largest absolute Gasteiger partial charge is 0.408 e. The van der Waals surface area contributed by atoms with Crippen LogP contribution in [0.1, 0.15) is 74.5 Å². The van der Waals surface area contributed by atoms with E-state index < -0.39 is 47.3 Å². The second kappa shape index (κ2) is 14.8. The van der Waals surface area contributed by atoms with Crippen LogP contribution in [-0.2, 0) is 18.4 Å². The number of hydrogen-bond donors (Lipinski definition) is 3. The summed E-state index contributed by atoms with van der Waals surface area (Å²) in [6.07, 6.45) is -0.797. The van der Waals surface area contributed by atoms with Gasteiger partial charge in [-0.05, 0) is 46.4 Å². The van der Waals surface area contributed by atoms with E-state index in [-0.39, 0.29) is 46.1 Å². The second-order valence-electron chi connectivity index (χ2n) is 17.7. The number of carbonyl (C=O) groups excluding carboxylic acids is 1. The predicted molar refractivity (Wildman–Crippen MR) is 216 cm³/mol. The SMILES string of the molecule is CC(C)C(=O)Nc1nc(NC2CC2)c2ncn([C@@H]3O[C@](CO)(CO[Si](c4ccccc4)(c4ccccc4)C(C)(C)C)[C@@H](O[Si](C)(C)C(C)(C)C)[C@H]3F)c2n1. The van der Waals surface area contributed by atoms with E-state index in [0.717, 1.165) is 23.2 Å². The van der Waals surface area contributed by atoms with E-state index in [2.05, 4.69) is 104 Å². The Hall–Kier alpha value is -3.54. The third kappa shape index (κ3) is 7.52. The molecule has 3 heterocycles. The first kappa shape index (κ1) is 40.1. The van der Waals surface area contributed by atoms with Gasteiger partial charge < -0.3 is 24.0 Å². The fraction of sp³-hybridized carbons (Fsp3) is 0.550. The molecule has 1 saturated carbocycles. The number of alkyl halides is 1. The normalized spacial score (nSPS) is 22.6. The van der Waals surface area contributed by atoms with Gasteiger partial charge in [-0.3, -0.25) is 14.7 Å². The molecule has 292 valence electrons. The summed E-state index contributed by atoms with van der Waals surface area (Å²) in [5.41, 5.74) is -0.903. The molecule has 2 aromatic carbocycles. The van der Waals surface area contributed by atoms with Crippen LogP contribution in [0.3, 0.4) is 0 Å². The molecule has 6 rings (SSSR count). The van der Waals surface area contributed by atoms with Crippen molar-refractivity contribution < 1.29 is 27.9 Å². The Balaban J connectivity index is 1.47. The first-order valence-electron chi connectivity index (χ1n) is 19.0. The second-order valence-corrected chi connectivity index (χ2v) is 26.8. The molecule has 2 aliphatic rings. The molecule has 0 unspecified atom stereocenters. The average molecular weight is 777 g/mol. The molecule has 4 atom stereocenters. The molecule has 1 aliphatic heterocycles. The highest BCUT2D eigenvalue weighted by atomic mass is 28.4. The van der Waals surface area contributed by atoms with Crippen LogP contribution in [0, 0.1) is 5.92 Å². The van der Waals surface area contributed by atoms with E-state index in [1.54, 1.807) is 13.8 Å². The lowest BCUT2D eigenvalue weighted by Gasteiger charge is -2.46. The van der Waals surface area contributed by atoms with Crippen LogP contribution in [-0.4, -0.2) is 84.3 Å². The van der Waals surface area contributed by atoms with Crippen LogP contribution in [0.5, 0.6) is 0 Å². The highest BCUT2D eigenvalue weighted by molar-refractivity contribution is 6.99. The van der Waals surface area contributed by atoms with Crippen molar-refractivity contribution >= 4 is 55.8 Å². The standard InChI is InChI=1S/C40H57FN6O5Si2/c1-26(2)35(49)46-37-44-33(43-27-21-22-27)31-34(45-37)47(25-42-31)36-30(41)32(52-53(9,10)38(3,4)5)40(23-48,51-36)24-50-54(39(6,7)8,28-17-13-11-14-18-28)29-19-15-12-16-20-29/h11-20,25-27,30,32,36,48H,21-24H2,1-10H3,(H2,43,44,45,46,49)/t30-,32+,36-,40-/m1/s1. The number of benzene rings is 2. The van der Waals surface area contributed by atoms with E-state index in [1.807, 2.05) is 36.4 Å². The fourth-order valence-corrected chi connectivity index (χ4v) is 12.9. The summed E-state index contributed by atoms with van der Waals surface area (Å²) in [5.74, 6) is -0.0273. The molecule has 14 heteroatoms. The lowest BCUT2D eigenvalue weighted by Crippen LogP contribution is -2.68. The van der Waals surface area contributed by atoms with Crippen LogP contribution in [0.4, 0.5) is 16.2 Å². The summed E-state index contributed by atoms with van der Waals surface area (Å²) < 4.78 is 40.3. The van der Waals surface area contributed by atoms with E-state index in [0.29, 0.717) is 11.3 Å². The van der Waals surface area contributed by atoms with Gasteiger partial charge in [-0.2, -0.15) is 9.97 Å². The van der Waals surface area contributed by atoms with Crippen molar-refractivity contribution in [2.75, 3.05) is 23.8 Å². The van der Waals surface area contributed by atoms with Gasteiger partial charge in [0.1, 0.15) is 11.7 Å². The zero-order valence-electron chi connectivity index (χ0n) is 33.3. The van der Waals surface area contributed by atoms with Gasteiger partial charge in [-0.1, -0.05) is 116 Å². The molecule has 2 aromatic heterocycles. The molecule has 0 bridgehead atoms. The zero-order chi connectivity index (χ0) is 39.3. The number of imidazole rings is 1. The van der Waals surface area contributed by atoms with Crippen molar-refractivity contribution in [1.29, 1.82) is 0 Å². The fourth-order valence-electron chi connectivity index (χ4n) is 6.90. The number of rotatable bonds is 13. The maximum absolute atomic E-state index is 17.6. The number of aromatic nitrogens is 4. The Labute approximate surface area is 320 Å². The Morgan fingerprint density at radius 1 is 1.00 bits per heavy atom. The van der Waals surface area contributed by atoms with Crippen molar-refractivity contribution in [2.24, 2.45) is 5.92 Å². The summed E-state index contributed by atoms with van der Waals surface area (Å²) in [4.78, 5) is 26.7. The van der Waals surface area contributed by atoms with Crippen molar-refractivity contribution in [3.63, 3.8) is 0 Å². The number of anilines is 2. The van der Waals surface area contributed by atoms with Gasteiger partial charge in [0.2, 0.25) is 11.9 Å². The topological polar surface area (TPSA) is 133 Å². The van der Waals surface area contributed by atoms with Crippen molar-refractivity contribution in [3.8, 4) is 0 Å². The molecule has 3 N–H and O–H groups in total. The molecule has 1 saturated heterocycles. The minimum absolute atomic E-state index is 0.0806. The van der Waals surface area contributed by atoms with Gasteiger partial charge in [0.25, 0.3) is 8.32 Å². The van der Waals surface area contributed by atoms with E-state index in [9.17, 15) is 9.90 Å². The summed E-state index contributed by atoms with van der Waals surface area (Å²) in [5, 5.41) is 19.1. The Morgan fingerprint density at radius 3 is 2.09 bits per heavy atom. The number of carbonyl (C=O) groups is 1. The molecule has 0 spiro atoms. The van der Waals surface area contributed by atoms with E-state index in [1.165, 1.54) is 10.9 Å². The van der Waals surface area contributed by atoms with Crippen LogP contribution in [0.25, 0.3) is 11.2 Å². The third-order valence-corrected chi connectivity index (χ3v) is 20.7. The monoisotopic (exact) mass is 776 g/mol. The van der Waals surface area contributed by atoms with Gasteiger partial charge in [-0.15, -0.1) is 0 Å². The zero-order valence-corrected chi connectivity index (χ0v) is 35.3. The number of amides is 1. The molecule has 4 aromatic rings. The highest BCUT2D eigenvalue weighted by Crippen LogP contribution is 2.48. The summed E-state index contributed by atoms with van der Waals surface area (Å²) in [6, 6.07) is 20.6. The first-order chi connectivity index (χ1) is 25.3. The highest BCUT2D eigenvalue weighted by Gasteiger charge is 2.62. The molecule has 54 heavy (non-hydrogen) atoms. The van der Waals surface area contributed by atoms with Crippen molar-refractivity contribution in [3.05, 3.63) is 67.0 Å². The number of fused-ring (bicyclic) bond motifs is 1. The summed E-state index contributed by atoms with van der Waals surface area (Å²) in [6.45, 7) is 19.8. The first-order valence-corrected chi connectivity index (χ1v) is 23.8. The summed E-state index contributed by atoms with van der Waals surface area (Å²) in [7, 11) is -5.82. The number of nitrogens with one attached hydrogen (secondary N) is 2. The molecule has 0 radical (unpaired) electrons. The summed E-state index contributed by atoms with van der Waals surface area (Å²) >= 11 is 0. The quantitative estimate of drug-likeness (QED) is 0.129. The Bertz CT molecular complexity index is 1890. The molecule has 1 amide bonds. The van der Waals surface area contributed by atoms with E-state index in [4.69, 9.17) is 13.6 Å². The predicted octanol–water partition coefficient (Wildman–Crippen LogP) is 6.56. The average Bonchev–Trinajstić information content (AvgIpc) is 3.77. The Morgan fingerprint density at radius 2 is 1.59 bits per heavy atom. The maximum Gasteiger partial charge on any atom is 0.261 e. The van der Waals surface area contributed by atoms with Gasteiger partial charge in [-0.25, -0.2) is 9.37 Å². The maximum atomic E-state index is 17.6. The minimum Gasteiger partial charge on any atom is -0.408 e. The lowest BCUT2D eigenvalue weighted by atomic mass is 9.98. The number of aliphatic hydroxyl groups excluding tert-OH is 1. The number of nitrogens with zero attached hydrogens (tertiary/aromatic N) is 4. The molecular weight excluding hydrogens is 720 g/mol. The van der Waals surface area contributed by atoms with Crippen LogP contribution >= 0.6 is 0 Å². The smallest absolute Gasteiger partial charge is 0.261 e. The van der Waals surface area contributed by atoms with Crippen LogP contribution < -0.4 is 21.0 Å². The lowest BCUT2D eigenvalue weighted by molar-refractivity contribution is -0.143. The molecule has 11 nitrogen and oxygen atoms in total. The Kier molecular flexibility index (Phi) is 11.0. The number of halogens is 1. The number of ether oxygens (including phenoxy) is 1. The molecule has 1 aliphatic carbocycles. The van der Waals surface area contributed by atoms with Gasteiger partial charge in [0, 0.05) is 12.0 Å². The van der Waals surface area contributed by atoms with Gasteiger partial charge in [0.15, 0.2) is 37.7 Å².